The SMILES string of the molecule is CCC(CC)C(=O)N(C)CCCCN1CCN(c2nsc3ccccc23)CC1. The molecule has 0 spiro atoms. The predicted octanol–water partition coefficient (Wildman–Crippen LogP) is 4.09. The third kappa shape index (κ3) is 5.03. The highest BCUT2D eigenvalue weighted by Gasteiger charge is 2.21. The number of unbranched alkanes of at least 4 members (excludes halogenated alkanes) is 1. The van der Waals surface area contributed by atoms with Crippen molar-refractivity contribution in [2.45, 2.75) is 39.5 Å². The Balaban J connectivity index is 1.37. The Morgan fingerprint density at radius 1 is 1.14 bits per heavy atom. The van der Waals surface area contributed by atoms with Crippen LogP contribution in [-0.2, 0) is 4.79 Å². The molecule has 1 aliphatic heterocycles. The molecule has 5 nitrogen and oxygen atoms in total. The van der Waals surface area contributed by atoms with E-state index in [2.05, 4.69) is 47.9 Å². The van der Waals surface area contributed by atoms with Crippen LogP contribution in [0.5, 0.6) is 0 Å². The fourth-order valence-electron chi connectivity index (χ4n) is 4.03. The second-order valence-corrected chi connectivity index (χ2v) is 8.62. The number of hydrogen-bond acceptors (Lipinski definition) is 5. The molecule has 0 atom stereocenters. The fraction of sp³-hybridized carbons (Fsp3) is 0.636. The van der Waals surface area contributed by atoms with E-state index in [1.165, 1.54) is 10.1 Å². The van der Waals surface area contributed by atoms with Gasteiger partial charge in [-0.15, -0.1) is 0 Å². The summed E-state index contributed by atoms with van der Waals surface area (Å²) in [6, 6.07) is 8.51. The quantitative estimate of drug-likeness (QED) is 0.592. The Hall–Kier alpha value is -1.66. The fourth-order valence-corrected chi connectivity index (χ4v) is 4.82. The maximum atomic E-state index is 12.3. The number of nitrogens with zero attached hydrogens (tertiary/aromatic N) is 4. The van der Waals surface area contributed by atoms with Crippen molar-refractivity contribution < 1.29 is 4.79 Å². The molecule has 0 aliphatic carbocycles. The van der Waals surface area contributed by atoms with Crippen LogP contribution in [0.25, 0.3) is 10.1 Å². The Morgan fingerprint density at radius 3 is 2.57 bits per heavy atom. The molecule has 2 heterocycles. The van der Waals surface area contributed by atoms with Gasteiger partial charge < -0.3 is 9.80 Å². The van der Waals surface area contributed by atoms with Gasteiger partial charge in [0.05, 0.1) is 4.70 Å². The van der Waals surface area contributed by atoms with Gasteiger partial charge in [0.25, 0.3) is 0 Å². The van der Waals surface area contributed by atoms with Crippen molar-refractivity contribution in [3.05, 3.63) is 24.3 Å². The first-order valence-electron chi connectivity index (χ1n) is 10.7. The predicted molar refractivity (Wildman–Crippen MR) is 119 cm³/mol. The minimum absolute atomic E-state index is 0.194. The number of rotatable bonds is 9. The van der Waals surface area contributed by atoms with E-state index in [4.69, 9.17) is 4.37 Å². The van der Waals surface area contributed by atoms with Gasteiger partial charge in [-0.05, 0) is 55.9 Å². The van der Waals surface area contributed by atoms with Crippen LogP contribution >= 0.6 is 11.5 Å². The summed E-state index contributed by atoms with van der Waals surface area (Å²) >= 11 is 1.60. The van der Waals surface area contributed by atoms with E-state index < -0.39 is 0 Å². The number of piperazine rings is 1. The molecule has 1 aromatic carbocycles. The normalized spacial score (nSPS) is 15.5. The van der Waals surface area contributed by atoms with Crippen molar-refractivity contribution in [3.63, 3.8) is 0 Å². The summed E-state index contributed by atoms with van der Waals surface area (Å²) < 4.78 is 5.97. The number of benzene rings is 1. The van der Waals surface area contributed by atoms with Gasteiger partial charge in [-0.25, -0.2) is 0 Å². The van der Waals surface area contributed by atoms with Gasteiger partial charge in [-0.1, -0.05) is 26.0 Å². The molecule has 154 valence electrons. The molecule has 1 amide bonds. The highest BCUT2D eigenvalue weighted by molar-refractivity contribution is 7.13. The Kier molecular flexibility index (Phi) is 7.68. The minimum Gasteiger partial charge on any atom is -0.353 e. The largest absolute Gasteiger partial charge is 0.353 e. The average molecular weight is 403 g/mol. The van der Waals surface area contributed by atoms with Crippen molar-refractivity contribution in [2.24, 2.45) is 5.92 Å². The molecule has 0 unspecified atom stereocenters. The lowest BCUT2D eigenvalue weighted by Gasteiger charge is -2.35. The first kappa shape index (κ1) is 21.1. The molecular weight excluding hydrogens is 368 g/mol. The summed E-state index contributed by atoms with van der Waals surface area (Å²) in [5.41, 5.74) is 0. The van der Waals surface area contributed by atoms with E-state index in [-0.39, 0.29) is 5.92 Å². The molecular formula is C22H34N4OS. The molecule has 1 aliphatic rings. The average Bonchev–Trinajstić information content (AvgIpc) is 3.16. The number of hydrogen-bond donors (Lipinski definition) is 0. The van der Waals surface area contributed by atoms with E-state index in [0.29, 0.717) is 5.91 Å². The summed E-state index contributed by atoms with van der Waals surface area (Å²) in [7, 11) is 1.96. The van der Waals surface area contributed by atoms with Crippen LogP contribution in [0.4, 0.5) is 5.82 Å². The third-order valence-corrected chi connectivity index (χ3v) is 6.78. The Bertz CT molecular complexity index is 750. The second kappa shape index (κ2) is 10.2. The van der Waals surface area contributed by atoms with Crippen LogP contribution in [0.1, 0.15) is 39.5 Å². The van der Waals surface area contributed by atoms with Gasteiger partial charge in [0.15, 0.2) is 0 Å². The first-order valence-corrected chi connectivity index (χ1v) is 11.5. The zero-order chi connectivity index (χ0) is 19.9. The molecule has 0 saturated carbocycles. The van der Waals surface area contributed by atoms with Crippen LogP contribution < -0.4 is 4.90 Å². The number of aromatic nitrogens is 1. The Morgan fingerprint density at radius 2 is 1.86 bits per heavy atom. The van der Waals surface area contributed by atoms with Gasteiger partial charge in [-0.2, -0.15) is 4.37 Å². The lowest BCUT2D eigenvalue weighted by Crippen LogP contribution is -2.46. The van der Waals surface area contributed by atoms with E-state index >= 15 is 0 Å². The molecule has 6 heteroatoms. The van der Waals surface area contributed by atoms with Crippen LogP contribution in [0, 0.1) is 5.92 Å². The van der Waals surface area contributed by atoms with Crippen LogP contribution in [0.3, 0.4) is 0 Å². The van der Waals surface area contributed by atoms with E-state index in [1.54, 1.807) is 11.5 Å². The van der Waals surface area contributed by atoms with E-state index in [1.807, 2.05) is 11.9 Å². The summed E-state index contributed by atoms with van der Waals surface area (Å²) in [6.07, 6.45) is 4.12. The lowest BCUT2D eigenvalue weighted by atomic mass is 10.0. The molecule has 3 rings (SSSR count). The molecule has 1 saturated heterocycles. The van der Waals surface area contributed by atoms with Crippen molar-refractivity contribution >= 4 is 33.3 Å². The number of anilines is 1. The summed E-state index contributed by atoms with van der Waals surface area (Å²) in [4.78, 5) is 19.3. The molecule has 0 radical (unpaired) electrons. The standard InChI is InChI=1S/C22H34N4OS/c1-4-18(5-2)22(27)24(3)12-8-9-13-25-14-16-26(17-15-25)21-19-10-6-7-11-20(19)28-23-21/h6-7,10-11,18H,4-5,8-9,12-17H2,1-3H3. The molecule has 0 bridgehead atoms. The lowest BCUT2D eigenvalue weighted by molar-refractivity contribution is -0.134. The first-order chi connectivity index (χ1) is 13.6. The van der Waals surface area contributed by atoms with Crippen molar-refractivity contribution in [3.8, 4) is 0 Å². The number of amides is 1. The van der Waals surface area contributed by atoms with Gasteiger partial charge in [0.2, 0.25) is 5.91 Å². The molecule has 2 aromatic rings. The van der Waals surface area contributed by atoms with Crippen molar-refractivity contribution in [1.29, 1.82) is 0 Å². The zero-order valence-electron chi connectivity index (χ0n) is 17.6. The monoisotopic (exact) mass is 402 g/mol. The van der Waals surface area contributed by atoms with Gasteiger partial charge in [-0.3, -0.25) is 9.69 Å². The van der Waals surface area contributed by atoms with E-state index in [9.17, 15) is 4.79 Å². The van der Waals surface area contributed by atoms with Crippen LogP contribution in [0.2, 0.25) is 0 Å². The molecule has 1 aromatic heterocycles. The van der Waals surface area contributed by atoms with Crippen molar-refractivity contribution in [1.82, 2.24) is 14.2 Å². The Labute approximate surface area is 173 Å². The van der Waals surface area contributed by atoms with Crippen molar-refractivity contribution in [2.75, 3.05) is 51.2 Å². The summed E-state index contributed by atoms with van der Waals surface area (Å²) in [6.45, 7) is 10.5. The minimum atomic E-state index is 0.194. The molecule has 1 fully saturated rings. The number of carbonyl (C=O) groups excluding carboxylic acids is 1. The second-order valence-electron chi connectivity index (χ2n) is 7.81. The maximum Gasteiger partial charge on any atom is 0.225 e. The highest BCUT2D eigenvalue weighted by Crippen LogP contribution is 2.29. The maximum absolute atomic E-state index is 12.3. The summed E-state index contributed by atoms with van der Waals surface area (Å²) in [5, 5.41) is 1.28. The van der Waals surface area contributed by atoms with Gasteiger partial charge in [0, 0.05) is 51.1 Å². The third-order valence-electron chi connectivity index (χ3n) is 5.96. The van der Waals surface area contributed by atoms with Crippen LogP contribution in [0.15, 0.2) is 24.3 Å². The zero-order valence-corrected chi connectivity index (χ0v) is 18.4. The molecule has 28 heavy (non-hydrogen) atoms. The summed E-state index contributed by atoms with van der Waals surface area (Å²) in [5.74, 6) is 1.66. The number of fused-ring (bicyclic) bond motifs is 1. The molecule has 0 N–H and O–H groups in total. The highest BCUT2D eigenvalue weighted by atomic mass is 32.1. The topological polar surface area (TPSA) is 39.7 Å². The van der Waals surface area contributed by atoms with Crippen LogP contribution in [-0.4, -0.2) is 66.4 Å². The van der Waals surface area contributed by atoms with E-state index in [0.717, 1.165) is 70.8 Å². The smallest absolute Gasteiger partial charge is 0.225 e. The van der Waals surface area contributed by atoms with Gasteiger partial charge >= 0.3 is 0 Å². The van der Waals surface area contributed by atoms with Gasteiger partial charge in [0.1, 0.15) is 5.82 Å². The number of carbonyl (C=O) groups is 1.